The average molecular weight is 533 g/mol. The molecule has 0 radical (unpaired) electrons. The van der Waals surface area contributed by atoms with E-state index in [2.05, 4.69) is 32.1 Å². The Morgan fingerprint density at radius 3 is 2.33 bits per heavy atom. The monoisotopic (exact) mass is 532 g/mol. The van der Waals surface area contributed by atoms with Crippen molar-refractivity contribution in [3.8, 4) is 5.75 Å². The van der Waals surface area contributed by atoms with Crippen molar-refractivity contribution in [2.24, 2.45) is 0 Å². The largest absolute Gasteiger partial charge is 0.494 e. The summed E-state index contributed by atoms with van der Waals surface area (Å²) < 4.78 is 5.67. The third-order valence-corrected chi connectivity index (χ3v) is 5.92. The molecule has 2 aromatic carbocycles. The van der Waals surface area contributed by atoms with E-state index in [1.54, 1.807) is 25.4 Å². The number of para-hydroxylation sites is 2. The maximum absolute atomic E-state index is 12.2. The molecule has 206 valence electrons. The van der Waals surface area contributed by atoms with E-state index >= 15 is 0 Å². The quantitative estimate of drug-likeness (QED) is 0.252. The first-order chi connectivity index (χ1) is 18.7. The van der Waals surface area contributed by atoms with Gasteiger partial charge in [-0.2, -0.15) is 4.98 Å². The molecule has 0 atom stereocenters. The van der Waals surface area contributed by atoms with E-state index in [1.807, 2.05) is 75.4 Å². The van der Waals surface area contributed by atoms with Gasteiger partial charge in [-0.15, -0.1) is 0 Å². The van der Waals surface area contributed by atoms with Crippen LogP contribution in [0, 0.1) is 0 Å². The van der Waals surface area contributed by atoms with Crippen LogP contribution in [-0.4, -0.2) is 82.6 Å². The van der Waals surface area contributed by atoms with Crippen LogP contribution in [0.1, 0.15) is 0 Å². The number of anilines is 7. The normalized spacial score (nSPS) is 10.5. The number of ether oxygens (including phenoxy) is 1. The topological polar surface area (TPSA) is 106 Å². The van der Waals surface area contributed by atoms with Gasteiger partial charge in [0.1, 0.15) is 11.6 Å². The van der Waals surface area contributed by atoms with Gasteiger partial charge < -0.3 is 30.1 Å². The number of hydrogen-bond acceptors (Lipinski definition) is 9. The highest BCUT2D eigenvalue weighted by Crippen LogP contribution is 2.38. The maximum atomic E-state index is 12.2. The second-order valence-corrected chi connectivity index (χ2v) is 9.21. The maximum Gasteiger partial charge on any atom is 0.247 e. The third kappa shape index (κ3) is 7.23. The van der Waals surface area contributed by atoms with Gasteiger partial charge in [0.2, 0.25) is 18.3 Å². The molecule has 0 aliphatic rings. The summed E-state index contributed by atoms with van der Waals surface area (Å²) in [5.41, 5.74) is 3.41. The van der Waals surface area contributed by atoms with Crippen molar-refractivity contribution in [3.63, 3.8) is 0 Å². The Morgan fingerprint density at radius 1 is 1.00 bits per heavy atom. The van der Waals surface area contributed by atoms with E-state index in [-0.39, 0.29) is 11.9 Å². The second kappa shape index (κ2) is 13.2. The summed E-state index contributed by atoms with van der Waals surface area (Å²) in [6.45, 7) is 5.10. The lowest BCUT2D eigenvalue weighted by Gasteiger charge is -2.26. The molecule has 0 saturated carbocycles. The van der Waals surface area contributed by atoms with Gasteiger partial charge in [-0.1, -0.05) is 18.7 Å². The van der Waals surface area contributed by atoms with Crippen LogP contribution in [0.25, 0.3) is 0 Å². The van der Waals surface area contributed by atoms with E-state index in [9.17, 15) is 9.59 Å². The Hall–Kier alpha value is -4.64. The molecule has 1 heterocycles. The molecule has 39 heavy (non-hydrogen) atoms. The Morgan fingerprint density at radius 2 is 1.72 bits per heavy atom. The molecule has 3 rings (SSSR count). The molecule has 0 spiro atoms. The Labute approximate surface area is 229 Å². The highest BCUT2D eigenvalue weighted by atomic mass is 16.5. The van der Waals surface area contributed by atoms with Crippen molar-refractivity contribution in [2.75, 3.05) is 80.8 Å². The zero-order valence-electron chi connectivity index (χ0n) is 23.3. The van der Waals surface area contributed by atoms with Gasteiger partial charge in [-0.25, -0.2) is 4.98 Å². The molecule has 11 heteroatoms. The van der Waals surface area contributed by atoms with Crippen molar-refractivity contribution in [1.82, 2.24) is 14.9 Å². The summed E-state index contributed by atoms with van der Waals surface area (Å²) in [5, 5.41) is 6.05. The first-order valence-electron chi connectivity index (χ1n) is 12.3. The number of nitrogens with one attached hydrogen (secondary N) is 2. The predicted molar refractivity (Wildman–Crippen MR) is 158 cm³/mol. The van der Waals surface area contributed by atoms with E-state index in [1.165, 1.54) is 11.0 Å². The minimum Gasteiger partial charge on any atom is -0.494 e. The molecule has 3 aromatic rings. The standard InChI is InChI=1S/C28H36N8O3/c1-8-27(38)30-20-17-21(25(39-7)18-24(20)35(6)16-15-33(2)3)31-28-29-14-13-26(32-28)36(19-37)23-12-10-9-11-22(23)34(4)5/h8-14,17-19H,1,15-16H2,2-7H3,(H,30,38)(H,29,31,32). The van der Waals surface area contributed by atoms with E-state index in [0.717, 1.165) is 30.9 Å². The van der Waals surface area contributed by atoms with Gasteiger partial charge in [0.25, 0.3) is 0 Å². The summed E-state index contributed by atoms with van der Waals surface area (Å²) >= 11 is 0. The zero-order valence-corrected chi connectivity index (χ0v) is 23.3. The van der Waals surface area contributed by atoms with Crippen LogP contribution in [-0.2, 0) is 9.59 Å². The first kappa shape index (κ1) is 28.9. The van der Waals surface area contributed by atoms with Crippen LogP contribution in [0.4, 0.5) is 40.2 Å². The van der Waals surface area contributed by atoms with Crippen molar-refractivity contribution in [3.05, 3.63) is 61.3 Å². The Balaban J connectivity index is 2.00. The highest BCUT2D eigenvalue weighted by molar-refractivity contribution is 6.02. The molecule has 0 unspecified atom stereocenters. The number of carbonyl (C=O) groups excluding carboxylic acids is 2. The van der Waals surface area contributed by atoms with Crippen LogP contribution in [0.2, 0.25) is 0 Å². The predicted octanol–water partition coefficient (Wildman–Crippen LogP) is 3.71. The van der Waals surface area contributed by atoms with Gasteiger partial charge in [0.15, 0.2) is 0 Å². The molecule has 2 N–H and O–H groups in total. The molecule has 11 nitrogen and oxygen atoms in total. The molecule has 2 amide bonds. The van der Waals surface area contributed by atoms with E-state index < -0.39 is 0 Å². The van der Waals surface area contributed by atoms with Crippen LogP contribution in [0.3, 0.4) is 0 Å². The molecule has 1 aromatic heterocycles. The molecule has 0 bridgehead atoms. The Bertz CT molecular complexity index is 1310. The van der Waals surface area contributed by atoms with Crippen molar-refractivity contribution >= 4 is 52.5 Å². The van der Waals surface area contributed by atoms with Crippen LogP contribution in [0.5, 0.6) is 5.75 Å². The zero-order chi connectivity index (χ0) is 28.5. The van der Waals surface area contributed by atoms with Gasteiger partial charge >= 0.3 is 0 Å². The van der Waals surface area contributed by atoms with Crippen LogP contribution in [0.15, 0.2) is 61.3 Å². The number of methoxy groups -OCH3 is 1. The van der Waals surface area contributed by atoms with Gasteiger partial charge in [-0.05, 0) is 44.4 Å². The second-order valence-electron chi connectivity index (χ2n) is 9.21. The van der Waals surface area contributed by atoms with E-state index in [4.69, 9.17) is 4.74 Å². The van der Waals surface area contributed by atoms with Crippen molar-refractivity contribution in [1.29, 1.82) is 0 Å². The number of likely N-dealkylation sites (N-methyl/N-ethyl adjacent to an activating group) is 2. The van der Waals surface area contributed by atoms with Crippen molar-refractivity contribution < 1.29 is 14.3 Å². The average Bonchev–Trinajstić information content (AvgIpc) is 2.92. The molecular formula is C28H36N8O3. The summed E-state index contributed by atoms with van der Waals surface area (Å²) in [6, 6.07) is 12.8. The summed E-state index contributed by atoms with van der Waals surface area (Å²) in [5.74, 6) is 0.816. The number of benzene rings is 2. The van der Waals surface area contributed by atoms with E-state index in [0.29, 0.717) is 28.6 Å². The Kier molecular flexibility index (Phi) is 9.82. The highest BCUT2D eigenvalue weighted by Gasteiger charge is 2.18. The minimum atomic E-state index is -0.340. The smallest absolute Gasteiger partial charge is 0.247 e. The molecule has 0 aliphatic carbocycles. The first-order valence-corrected chi connectivity index (χ1v) is 12.3. The number of nitrogens with zero attached hydrogens (tertiary/aromatic N) is 6. The lowest BCUT2D eigenvalue weighted by atomic mass is 10.2. The molecular weight excluding hydrogens is 496 g/mol. The number of hydrogen-bond donors (Lipinski definition) is 2. The summed E-state index contributed by atoms with van der Waals surface area (Å²) in [7, 11) is 11.3. The fourth-order valence-electron chi connectivity index (χ4n) is 3.85. The number of aromatic nitrogens is 2. The van der Waals surface area contributed by atoms with Gasteiger partial charge in [0.05, 0.1) is 35.5 Å². The molecule has 0 saturated heterocycles. The van der Waals surface area contributed by atoms with Crippen LogP contribution >= 0.6 is 0 Å². The molecule has 0 aliphatic heterocycles. The van der Waals surface area contributed by atoms with Gasteiger partial charge in [0, 0.05) is 46.5 Å². The number of amides is 2. The fourth-order valence-corrected chi connectivity index (χ4v) is 3.85. The summed E-state index contributed by atoms with van der Waals surface area (Å²) in [4.78, 5) is 40.8. The summed E-state index contributed by atoms with van der Waals surface area (Å²) in [6.07, 6.45) is 3.50. The van der Waals surface area contributed by atoms with Gasteiger partial charge in [-0.3, -0.25) is 14.5 Å². The number of rotatable bonds is 13. The fraction of sp³-hybridized carbons (Fsp3) is 0.286. The van der Waals surface area contributed by atoms with Crippen molar-refractivity contribution in [2.45, 2.75) is 0 Å². The van der Waals surface area contributed by atoms with Crippen LogP contribution < -0.4 is 30.1 Å². The lowest BCUT2D eigenvalue weighted by Crippen LogP contribution is -2.29. The SMILES string of the molecule is C=CC(=O)Nc1cc(Nc2nccc(N(C=O)c3ccccc3N(C)C)n2)c(OC)cc1N(C)CCN(C)C. The lowest BCUT2D eigenvalue weighted by molar-refractivity contribution is -0.112. The third-order valence-electron chi connectivity index (χ3n) is 5.92. The molecule has 0 fully saturated rings. The number of carbonyl (C=O) groups is 2. The minimum absolute atomic E-state index is 0.245.